The van der Waals surface area contributed by atoms with Gasteiger partial charge < -0.3 is 4.74 Å². The number of para-hydroxylation sites is 1. The zero-order valence-corrected chi connectivity index (χ0v) is 17.9. The summed E-state index contributed by atoms with van der Waals surface area (Å²) in [5.74, 6) is 0.838. The summed E-state index contributed by atoms with van der Waals surface area (Å²) in [4.78, 5) is 21.4. The molecule has 0 unspecified atom stereocenters. The number of hydrogen-bond acceptors (Lipinski definition) is 4. The number of carbonyl (C=O) groups excluding carboxylic acids is 1. The Kier molecular flexibility index (Phi) is 5.13. The summed E-state index contributed by atoms with van der Waals surface area (Å²) in [5, 5.41) is 1.04. The number of nitrogens with zero attached hydrogens (tertiary/aromatic N) is 2. The molecule has 0 atom stereocenters. The minimum atomic E-state index is 0.0450. The SMILES string of the molecule is COc1ccccc1C1=NCC(=O)N(Cc2ccccc2)c2sc3c(c21)CCCC3. The van der Waals surface area contributed by atoms with Gasteiger partial charge in [-0.2, -0.15) is 0 Å². The zero-order chi connectivity index (χ0) is 20.5. The van der Waals surface area contributed by atoms with Crippen molar-refractivity contribution in [3.63, 3.8) is 0 Å². The number of aliphatic imine (C=N–C) groups is 1. The molecule has 2 aliphatic rings. The van der Waals surface area contributed by atoms with E-state index in [1.807, 2.05) is 47.4 Å². The first-order valence-electron chi connectivity index (χ1n) is 10.4. The predicted molar refractivity (Wildman–Crippen MR) is 122 cm³/mol. The molecular weight excluding hydrogens is 392 g/mol. The van der Waals surface area contributed by atoms with Crippen LogP contribution in [0, 0.1) is 0 Å². The number of hydrogen-bond donors (Lipinski definition) is 0. The Morgan fingerprint density at radius 2 is 1.80 bits per heavy atom. The third-order valence-corrected chi connectivity index (χ3v) is 7.17. The number of benzene rings is 2. The minimum absolute atomic E-state index is 0.0450. The van der Waals surface area contributed by atoms with Crippen LogP contribution in [-0.2, 0) is 24.2 Å². The van der Waals surface area contributed by atoms with E-state index in [1.165, 1.54) is 23.3 Å². The number of fused-ring (bicyclic) bond motifs is 3. The number of rotatable bonds is 4. The standard InChI is InChI=1S/C25H24N2O2S/c1-29-20-13-7-5-11-18(20)24-23-19-12-6-8-14-21(19)30-25(23)27(22(28)15-26-24)16-17-9-3-2-4-10-17/h2-5,7,9-11,13H,6,8,12,14-16H2,1H3. The van der Waals surface area contributed by atoms with Crippen molar-refractivity contribution in [1.82, 2.24) is 0 Å². The molecule has 0 saturated heterocycles. The Bertz CT molecular complexity index is 1120. The second-order valence-electron chi connectivity index (χ2n) is 7.72. The number of ether oxygens (including phenoxy) is 1. The molecule has 0 spiro atoms. The van der Waals surface area contributed by atoms with Crippen LogP contribution in [0.1, 0.15) is 40.0 Å². The van der Waals surface area contributed by atoms with Gasteiger partial charge in [0.05, 0.1) is 19.4 Å². The molecule has 152 valence electrons. The highest BCUT2D eigenvalue weighted by Crippen LogP contribution is 2.43. The monoisotopic (exact) mass is 416 g/mol. The molecule has 1 amide bonds. The number of thiophene rings is 1. The average molecular weight is 417 g/mol. The van der Waals surface area contributed by atoms with Gasteiger partial charge in [0.15, 0.2) is 0 Å². The van der Waals surface area contributed by atoms with Gasteiger partial charge in [-0.1, -0.05) is 42.5 Å². The number of carbonyl (C=O) groups is 1. The number of anilines is 1. The molecule has 1 aliphatic carbocycles. The van der Waals surface area contributed by atoms with E-state index >= 15 is 0 Å². The van der Waals surface area contributed by atoms with Crippen molar-refractivity contribution < 1.29 is 9.53 Å². The molecule has 2 heterocycles. The van der Waals surface area contributed by atoms with E-state index in [9.17, 15) is 4.79 Å². The lowest BCUT2D eigenvalue weighted by Gasteiger charge is -2.21. The summed E-state index contributed by atoms with van der Waals surface area (Å²) in [7, 11) is 1.69. The van der Waals surface area contributed by atoms with E-state index in [0.717, 1.165) is 46.0 Å². The molecule has 0 N–H and O–H groups in total. The van der Waals surface area contributed by atoms with Crippen LogP contribution < -0.4 is 9.64 Å². The third-order valence-electron chi connectivity index (χ3n) is 5.85. The fourth-order valence-corrected chi connectivity index (χ4v) is 5.80. The molecule has 5 heteroatoms. The van der Waals surface area contributed by atoms with Crippen molar-refractivity contribution in [1.29, 1.82) is 0 Å². The Morgan fingerprint density at radius 1 is 1.03 bits per heavy atom. The topological polar surface area (TPSA) is 41.9 Å². The number of methoxy groups -OCH3 is 1. The second kappa shape index (κ2) is 8.07. The van der Waals surface area contributed by atoms with E-state index in [1.54, 1.807) is 18.4 Å². The maximum atomic E-state index is 13.2. The third kappa shape index (κ3) is 3.33. The lowest BCUT2D eigenvalue weighted by molar-refractivity contribution is -0.117. The fraction of sp³-hybridized carbons (Fsp3) is 0.280. The van der Waals surface area contributed by atoms with Gasteiger partial charge in [-0.15, -0.1) is 11.3 Å². The van der Waals surface area contributed by atoms with E-state index in [2.05, 4.69) is 12.1 Å². The average Bonchev–Trinajstić information content (AvgIpc) is 3.11. The van der Waals surface area contributed by atoms with Gasteiger partial charge in [-0.05, 0) is 48.9 Å². The zero-order valence-electron chi connectivity index (χ0n) is 17.1. The van der Waals surface area contributed by atoms with Crippen molar-refractivity contribution in [3.8, 4) is 5.75 Å². The van der Waals surface area contributed by atoms with Gasteiger partial charge in [0.1, 0.15) is 17.3 Å². The fourth-order valence-electron chi connectivity index (χ4n) is 4.40. The number of amides is 1. The molecule has 1 aromatic heterocycles. The molecule has 3 aromatic rings. The van der Waals surface area contributed by atoms with Gasteiger partial charge in [0, 0.05) is 16.0 Å². The van der Waals surface area contributed by atoms with Gasteiger partial charge in [0.25, 0.3) is 0 Å². The van der Waals surface area contributed by atoms with Crippen LogP contribution in [0.2, 0.25) is 0 Å². The van der Waals surface area contributed by atoms with Crippen molar-refractivity contribution in [2.24, 2.45) is 4.99 Å². The first kappa shape index (κ1) is 19.1. The normalized spacial score (nSPS) is 15.8. The summed E-state index contributed by atoms with van der Waals surface area (Å²) < 4.78 is 5.65. The lowest BCUT2D eigenvalue weighted by Crippen LogP contribution is -2.31. The van der Waals surface area contributed by atoms with Crippen LogP contribution in [0.25, 0.3) is 0 Å². The molecule has 30 heavy (non-hydrogen) atoms. The maximum Gasteiger partial charge on any atom is 0.249 e. The van der Waals surface area contributed by atoms with Crippen molar-refractivity contribution in [3.05, 3.63) is 81.7 Å². The Balaban J connectivity index is 1.68. The molecule has 5 rings (SSSR count). The first-order chi connectivity index (χ1) is 14.8. The number of aryl methyl sites for hydroxylation is 1. The van der Waals surface area contributed by atoms with E-state index in [-0.39, 0.29) is 12.5 Å². The minimum Gasteiger partial charge on any atom is -0.496 e. The van der Waals surface area contributed by atoms with Gasteiger partial charge in [-0.3, -0.25) is 14.7 Å². The summed E-state index contributed by atoms with van der Waals surface area (Å²) >= 11 is 1.78. The molecular formula is C25H24N2O2S. The van der Waals surface area contributed by atoms with Gasteiger partial charge >= 0.3 is 0 Å². The van der Waals surface area contributed by atoms with Crippen LogP contribution in [0.15, 0.2) is 59.6 Å². The van der Waals surface area contributed by atoms with Crippen LogP contribution in [0.3, 0.4) is 0 Å². The van der Waals surface area contributed by atoms with Crippen LogP contribution >= 0.6 is 11.3 Å². The summed E-state index contributed by atoms with van der Waals surface area (Å²) in [6, 6.07) is 18.2. The highest BCUT2D eigenvalue weighted by atomic mass is 32.1. The summed E-state index contributed by atoms with van der Waals surface area (Å²) in [5.41, 5.74) is 5.50. The molecule has 0 bridgehead atoms. The van der Waals surface area contributed by atoms with Crippen molar-refractivity contribution >= 4 is 28.0 Å². The highest BCUT2D eigenvalue weighted by molar-refractivity contribution is 7.17. The largest absolute Gasteiger partial charge is 0.496 e. The lowest BCUT2D eigenvalue weighted by atomic mass is 9.91. The van der Waals surface area contributed by atoms with E-state index < -0.39 is 0 Å². The second-order valence-corrected chi connectivity index (χ2v) is 8.81. The molecule has 0 saturated carbocycles. The van der Waals surface area contributed by atoms with Crippen molar-refractivity contribution in [2.45, 2.75) is 32.2 Å². The molecule has 0 radical (unpaired) electrons. The Morgan fingerprint density at radius 3 is 2.63 bits per heavy atom. The van der Waals surface area contributed by atoms with Crippen LogP contribution in [0.5, 0.6) is 5.75 Å². The molecule has 2 aromatic carbocycles. The molecule has 0 fully saturated rings. The van der Waals surface area contributed by atoms with E-state index in [0.29, 0.717) is 6.54 Å². The van der Waals surface area contributed by atoms with E-state index in [4.69, 9.17) is 9.73 Å². The van der Waals surface area contributed by atoms with Gasteiger partial charge in [-0.25, -0.2) is 0 Å². The Labute approximate surface area is 180 Å². The first-order valence-corrected chi connectivity index (χ1v) is 11.2. The predicted octanol–water partition coefficient (Wildman–Crippen LogP) is 5.02. The summed E-state index contributed by atoms with van der Waals surface area (Å²) in [6.45, 7) is 0.719. The van der Waals surface area contributed by atoms with Crippen LogP contribution in [0.4, 0.5) is 5.00 Å². The van der Waals surface area contributed by atoms with Gasteiger partial charge in [0.2, 0.25) is 5.91 Å². The molecule has 4 nitrogen and oxygen atoms in total. The maximum absolute atomic E-state index is 13.2. The van der Waals surface area contributed by atoms with Crippen molar-refractivity contribution in [2.75, 3.05) is 18.6 Å². The summed E-state index contributed by atoms with van der Waals surface area (Å²) in [6.07, 6.45) is 4.52. The quantitative estimate of drug-likeness (QED) is 0.599. The Hall–Kier alpha value is -2.92. The molecule has 1 aliphatic heterocycles. The van der Waals surface area contributed by atoms with Crippen LogP contribution in [-0.4, -0.2) is 25.3 Å². The smallest absolute Gasteiger partial charge is 0.249 e. The highest BCUT2D eigenvalue weighted by Gasteiger charge is 2.33.